The van der Waals surface area contributed by atoms with Crippen molar-refractivity contribution < 1.29 is 0 Å². The van der Waals surface area contributed by atoms with Gasteiger partial charge in [-0.15, -0.1) is 0 Å². The van der Waals surface area contributed by atoms with Gasteiger partial charge < -0.3 is 4.90 Å². The average Bonchev–Trinajstić information content (AvgIpc) is 1.93. The van der Waals surface area contributed by atoms with Crippen LogP contribution in [0.15, 0.2) is 12.3 Å². The van der Waals surface area contributed by atoms with Crippen molar-refractivity contribution in [2.75, 3.05) is 33.2 Å². The molecule has 2 nitrogen and oxygen atoms in total. The van der Waals surface area contributed by atoms with E-state index in [0.717, 1.165) is 26.2 Å². The summed E-state index contributed by atoms with van der Waals surface area (Å²) in [6.45, 7) is 15.4. The van der Waals surface area contributed by atoms with Gasteiger partial charge in [0.15, 0.2) is 0 Å². The number of piperazine rings is 1. The normalized spacial score (nSPS) is 20.9. The summed E-state index contributed by atoms with van der Waals surface area (Å²) in [5, 5.41) is 0. The van der Waals surface area contributed by atoms with Crippen LogP contribution in [0.25, 0.3) is 0 Å². The van der Waals surface area contributed by atoms with Crippen LogP contribution in [-0.2, 0) is 0 Å². The molecule has 1 aliphatic rings. The van der Waals surface area contributed by atoms with Crippen molar-refractivity contribution in [2.24, 2.45) is 5.41 Å². The molecule has 13 heavy (non-hydrogen) atoms. The van der Waals surface area contributed by atoms with Gasteiger partial charge in [0, 0.05) is 31.9 Å². The van der Waals surface area contributed by atoms with Gasteiger partial charge in [-0.25, -0.2) is 0 Å². The molecule has 0 aromatic carbocycles. The molecule has 0 aliphatic carbocycles. The third kappa shape index (κ3) is 3.39. The predicted octanol–water partition coefficient (Wildman–Crippen LogP) is 1.79. The number of likely N-dealkylation sites (N-methyl/N-ethyl adjacent to an activating group) is 1. The Labute approximate surface area is 82.2 Å². The zero-order valence-electron chi connectivity index (χ0n) is 9.43. The maximum Gasteiger partial charge on any atom is 0.0375 e. The van der Waals surface area contributed by atoms with Crippen LogP contribution in [0.1, 0.15) is 20.8 Å². The average molecular weight is 182 g/mol. The van der Waals surface area contributed by atoms with E-state index in [2.05, 4.69) is 44.2 Å². The van der Waals surface area contributed by atoms with E-state index >= 15 is 0 Å². The van der Waals surface area contributed by atoms with E-state index in [9.17, 15) is 0 Å². The predicted molar refractivity (Wildman–Crippen MR) is 57.7 cm³/mol. The summed E-state index contributed by atoms with van der Waals surface area (Å²) in [6.07, 6.45) is 0. The molecule has 1 heterocycles. The van der Waals surface area contributed by atoms with Gasteiger partial charge in [-0.1, -0.05) is 27.4 Å². The third-order valence-electron chi connectivity index (χ3n) is 2.32. The minimum absolute atomic E-state index is 0.374. The summed E-state index contributed by atoms with van der Waals surface area (Å²) in [5.74, 6) is 0. The lowest BCUT2D eigenvalue weighted by Gasteiger charge is -2.39. The van der Waals surface area contributed by atoms with Crippen LogP contribution in [0.5, 0.6) is 0 Å². The summed E-state index contributed by atoms with van der Waals surface area (Å²) < 4.78 is 0. The summed E-state index contributed by atoms with van der Waals surface area (Å²) in [7, 11) is 2.15. The third-order valence-corrected chi connectivity index (χ3v) is 2.32. The van der Waals surface area contributed by atoms with Gasteiger partial charge in [-0.3, -0.25) is 4.90 Å². The SMILES string of the molecule is C=C1CN(C)CCN1CC(C)(C)C. The molecule has 0 atom stereocenters. The standard InChI is InChI=1S/C11H22N2/c1-10-8-12(5)6-7-13(10)9-11(2,3)4/h1,6-9H2,2-5H3. The Balaban J connectivity index is 2.48. The molecule has 1 fully saturated rings. The van der Waals surface area contributed by atoms with Crippen molar-refractivity contribution >= 4 is 0 Å². The van der Waals surface area contributed by atoms with Crippen molar-refractivity contribution in [3.8, 4) is 0 Å². The van der Waals surface area contributed by atoms with E-state index in [1.807, 2.05) is 0 Å². The van der Waals surface area contributed by atoms with Gasteiger partial charge in [-0.05, 0) is 12.5 Å². The van der Waals surface area contributed by atoms with Gasteiger partial charge in [0.05, 0.1) is 0 Å². The molecule has 0 radical (unpaired) electrons. The minimum atomic E-state index is 0.374. The van der Waals surface area contributed by atoms with Crippen molar-refractivity contribution in [2.45, 2.75) is 20.8 Å². The monoisotopic (exact) mass is 182 g/mol. The molecule has 0 aromatic rings. The Bertz CT molecular complexity index is 191. The van der Waals surface area contributed by atoms with E-state index in [0.29, 0.717) is 5.41 Å². The Morgan fingerprint density at radius 1 is 1.31 bits per heavy atom. The van der Waals surface area contributed by atoms with E-state index in [1.54, 1.807) is 0 Å². The fraction of sp³-hybridized carbons (Fsp3) is 0.818. The number of hydrogen-bond acceptors (Lipinski definition) is 2. The first kappa shape index (κ1) is 10.6. The molecule has 0 N–H and O–H groups in total. The van der Waals surface area contributed by atoms with E-state index in [-0.39, 0.29) is 0 Å². The molecule has 1 aliphatic heterocycles. The Morgan fingerprint density at radius 2 is 1.92 bits per heavy atom. The Morgan fingerprint density at radius 3 is 2.38 bits per heavy atom. The second-order valence-corrected chi connectivity index (χ2v) is 5.29. The van der Waals surface area contributed by atoms with Gasteiger partial charge >= 0.3 is 0 Å². The molecule has 0 amide bonds. The molecule has 0 bridgehead atoms. The van der Waals surface area contributed by atoms with Crippen molar-refractivity contribution in [3.05, 3.63) is 12.3 Å². The lowest BCUT2D eigenvalue weighted by Crippen LogP contribution is -2.45. The summed E-state index contributed by atoms with van der Waals surface area (Å²) >= 11 is 0. The molecule has 76 valence electrons. The Hall–Kier alpha value is -0.500. The Kier molecular flexibility index (Phi) is 3.01. The lowest BCUT2D eigenvalue weighted by molar-refractivity contribution is 0.161. The quantitative estimate of drug-likeness (QED) is 0.610. The zero-order valence-corrected chi connectivity index (χ0v) is 9.43. The lowest BCUT2D eigenvalue weighted by atomic mass is 9.95. The summed E-state index contributed by atoms with van der Waals surface area (Å²) in [6, 6.07) is 0. The zero-order chi connectivity index (χ0) is 10.1. The second kappa shape index (κ2) is 3.70. The van der Waals surface area contributed by atoms with Crippen LogP contribution in [0.4, 0.5) is 0 Å². The minimum Gasteiger partial charge on any atom is -0.372 e. The van der Waals surface area contributed by atoms with Crippen molar-refractivity contribution in [1.82, 2.24) is 9.80 Å². The molecular formula is C11H22N2. The molecule has 0 saturated carbocycles. The highest BCUT2D eigenvalue weighted by molar-refractivity contribution is 5.01. The van der Waals surface area contributed by atoms with E-state index in [4.69, 9.17) is 0 Å². The van der Waals surface area contributed by atoms with Gasteiger partial charge in [0.25, 0.3) is 0 Å². The van der Waals surface area contributed by atoms with Crippen molar-refractivity contribution in [3.63, 3.8) is 0 Å². The fourth-order valence-electron chi connectivity index (χ4n) is 1.70. The van der Waals surface area contributed by atoms with Crippen LogP contribution in [0.2, 0.25) is 0 Å². The number of hydrogen-bond donors (Lipinski definition) is 0. The molecular weight excluding hydrogens is 160 g/mol. The van der Waals surface area contributed by atoms with Crippen LogP contribution in [0.3, 0.4) is 0 Å². The number of rotatable bonds is 1. The first-order chi connectivity index (χ1) is 5.88. The highest BCUT2D eigenvalue weighted by Crippen LogP contribution is 2.19. The molecule has 0 aromatic heterocycles. The maximum absolute atomic E-state index is 4.11. The summed E-state index contributed by atoms with van der Waals surface area (Å²) in [5.41, 5.74) is 1.64. The van der Waals surface area contributed by atoms with E-state index in [1.165, 1.54) is 5.70 Å². The fourth-order valence-corrected chi connectivity index (χ4v) is 1.70. The molecule has 0 unspecified atom stereocenters. The highest BCUT2D eigenvalue weighted by atomic mass is 15.3. The molecule has 0 spiro atoms. The molecule has 2 heteroatoms. The van der Waals surface area contributed by atoms with Crippen LogP contribution >= 0.6 is 0 Å². The second-order valence-electron chi connectivity index (χ2n) is 5.29. The van der Waals surface area contributed by atoms with Gasteiger partial charge in [-0.2, -0.15) is 0 Å². The molecule has 1 rings (SSSR count). The maximum atomic E-state index is 4.11. The van der Waals surface area contributed by atoms with Crippen molar-refractivity contribution in [1.29, 1.82) is 0 Å². The highest BCUT2D eigenvalue weighted by Gasteiger charge is 2.21. The first-order valence-corrected chi connectivity index (χ1v) is 5.00. The first-order valence-electron chi connectivity index (χ1n) is 5.00. The topological polar surface area (TPSA) is 6.48 Å². The number of nitrogens with zero attached hydrogens (tertiary/aromatic N) is 2. The molecule has 1 saturated heterocycles. The van der Waals surface area contributed by atoms with E-state index < -0.39 is 0 Å². The smallest absolute Gasteiger partial charge is 0.0375 e. The summed E-state index contributed by atoms with van der Waals surface area (Å²) in [4.78, 5) is 4.74. The van der Waals surface area contributed by atoms with Crippen LogP contribution < -0.4 is 0 Å². The van der Waals surface area contributed by atoms with Gasteiger partial charge in [0.2, 0.25) is 0 Å². The van der Waals surface area contributed by atoms with Crippen LogP contribution in [-0.4, -0.2) is 43.0 Å². The van der Waals surface area contributed by atoms with Gasteiger partial charge in [0.1, 0.15) is 0 Å². The van der Waals surface area contributed by atoms with Crippen LogP contribution in [0, 0.1) is 5.41 Å². The largest absolute Gasteiger partial charge is 0.372 e.